The van der Waals surface area contributed by atoms with E-state index in [0.29, 0.717) is 0 Å². The van der Waals surface area contributed by atoms with Crippen LogP contribution in [0.5, 0.6) is 11.5 Å². The molecule has 2 nitrogen and oxygen atoms in total. The summed E-state index contributed by atoms with van der Waals surface area (Å²) in [4.78, 5) is 0. The third-order valence-electron chi connectivity index (χ3n) is 1.94. The Kier molecular flexibility index (Phi) is 3.89. The number of benzene rings is 2. The van der Waals surface area contributed by atoms with Gasteiger partial charge in [0.05, 0.1) is 0 Å². The SMILES string of the molecule is BrB(Oc1ccccc1)Oc1ccccc1. The minimum atomic E-state index is -0.489. The summed E-state index contributed by atoms with van der Waals surface area (Å²) in [7, 11) is 0. The second kappa shape index (κ2) is 5.61. The highest BCUT2D eigenvalue weighted by Gasteiger charge is 2.17. The van der Waals surface area contributed by atoms with Gasteiger partial charge in [0.15, 0.2) is 0 Å². The molecule has 2 aromatic rings. The molecule has 4 heteroatoms. The number of halogens is 1. The highest BCUT2D eigenvalue weighted by atomic mass is 79.9. The van der Waals surface area contributed by atoms with Gasteiger partial charge in [-0.1, -0.05) is 36.4 Å². The highest BCUT2D eigenvalue weighted by molar-refractivity contribution is 9.24. The quantitative estimate of drug-likeness (QED) is 0.796. The van der Waals surface area contributed by atoms with Crippen molar-refractivity contribution in [2.75, 3.05) is 0 Å². The van der Waals surface area contributed by atoms with Crippen molar-refractivity contribution in [3.63, 3.8) is 0 Å². The first-order valence-corrected chi connectivity index (χ1v) is 5.83. The van der Waals surface area contributed by atoms with Crippen molar-refractivity contribution in [2.24, 2.45) is 0 Å². The average Bonchev–Trinajstić information content (AvgIpc) is 2.31. The average molecular weight is 277 g/mol. The van der Waals surface area contributed by atoms with Crippen LogP contribution in [0, 0.1) is 0 Å². The van der Waals surface area contributed by atoms with E-state index in [9.17, 15) is 0 Å². The van der Waals surface area contributed by atoms with Gasteiger partial charge in [0.25, 0.3) is 0 Å². The number of hydrogen-bond donors (Lipinski definition) is 0. The monoisotopic (exact) mass is 276 g/mol. The Morgan fingerprint density at radius 3 is 1.44 bits per heavy atom. The molecule has 16 heavy (non-hydrogen) atoms. The molecule has 0 spiro atoms. The van der Waals surface area contributed by atoms with Crippen LogP contribution in [0.2, 0.25) is 0 Å². The summed E-state index contributed by atoms with van der Waals surface area (Å²) in [6, 6.07) is 19.0. The maximum absolute atomic E-state index is 5.51. The molecule has 0 atom stereocenters. The van der Waals surface area contributed by atoms with Crippen molar-refractivity contribution in [1.82, 2.24) is 0 Å². The predicted molar refractivity (Wildman–Crippen MR) is 68.8 cm³/mol. The summed E-state index contributed by atoms with van der Waals surface area (Å²) in [6.45, 7) is 0. The Morgan fingerprint density at radius 1 is 0.688 bits per heavy atom. The van der Waals surface area contributed by atoms with Crippen LogP contribution >= 0.6 is 15.8 Å². The largest absolute Gasteiger partial charge is 0.678 e. The molecule has 0 fully saturated rings. The van der Waals surface area contributed by atoms with Gasteiger partial charge in [0.1, 0.15) is 11.5 Å². The molecule has 0 aliphatic heterocycles. The van der Waals surface area contributed by atoms with Gasteiger partial charge < -0.3 is 9.31 Å². The van der Waals surface area contributed by atoms with Gasteiger partial charge in [-0.25, -0.2) is 0 Å². The molecule has 0 radical (unpaired) electrons. The maximum Gasteiger partial charge on any atom is 0.678 e. The normalized spacial score (nSPS) is 9.56. The second-order valence-corrected chi connectivity index (χ2v) is 3.88. The van der Waals surface area contributed by atoms with Crippen molar-refractivity contribution in [3.05, 3.63) is 60.7 Å². The fraction of sp³-hybridized carbons (Fsp3) is 0. The van der Waals surface area contributed by atoms with Crippen LogP contribution in [0.15, 0.2) is 60.7 Å². The first kappa shape index (κ1) is 11.1. The van der Waals surface area contributed by atoms with Crippen LogP contribution in [-0.2, 0) is 0 Å². The van der Waals surface area contributed by atoms with Gasteiger partial charge >= 0.3 is 5.94 Å². The summed E-state index contributed by atoms with van der Waals surface area (Å²) in [5.74, 6) is 1.04. The number of hydrogen-bond acceptors (Lipinski definition) is 2. The van der Waals surface area contributed by atoms with Gasteiger partial charge in [-0.05, 0) is 40.0 Å². The lowest BCUT2D eigenvalue weighted by Gasteiger charge is -2.11. The minimum Gasteiger partial charge on any atom is -0.517 e. The molecule has 0 aliphatic rings. The molecule has 0 heterocycles. The van der Waals surface area contributed by atoms with Crippen LogP contribution in [0.25, 0.3) is 0 Å². The van der Waals surface area contributed by atoms with E-state index in [1.54, 1.807) is 0 Å². The van der Waals surface area contributed by atoms with E-state index in [2.05, 4.69) is 15.8 Å². The highest BCUT2D eigenvalue weighted by Crippen LogP contribution is 2.16. The Hall–Kier alpha value is -1.42. The lowest BCUT2D eigenvalue weighted by atomic mass is 10.3. The van der Waals surface area contributed by atoms with E-state index in [4.69, 9.17) is 9.31 Å². The molecule has 2 rings (SSSR count). The first-order chi connectivity index (χ1) is 7.84. The van der Waals surface area contributed by atoms with Crippen molar-refractivity contribution < 1.29 is 9.31 Å². The fourth-order valence-corrected chi connectivity index (χ4v) is 1.67. The van der Waals surface area contributed by atoms with Gasteiger partial charge in [-0.3, -0.25) is 0 Å². The molecule has 0 aliphatic carbocycles. The zero-order chi connectivity index (χ0) is 11.2. The van der Waals surface area contributed by atoms with E-state index in [1.807, 2.05) is 60.7 Å². The summed E-state index contributed by atoms with van der Waals surface area (Å²) >= 11 is 3.31. The summed E-state index contributed by atoms with van der Waals surface area (Å²) in [5.41, 5.74) is 0. The molecular weight excluding hydrogens is 267 g/mol. The molecule has 0 aromatic heterocycles. The Labute approximate surface area is 103 Å². The lowest BCUT2D eigenvalue weighted by molar-refractivity contribution is 0.452. The Balaban J connectivity index is 1.92. The zero-order valence-electron chi connectivity index (χ0n) is 8.55. The first-order valence-electron chi connectivity index (χ1n) is 4.92. The topological polar surface area (TPSA) is 18.5 Å². The minimum absolute atomic E-state index is 0.489. The molecular formula is C12H10BBrO2. The van der Waals surface area contributed by atoms with E-state index in [0.717, 1.165) is 11.5 Å². The van der Waals surface area contributed by atoms with E-state index in [-0.39, 0.29) is 0 Å². The number of para-hydroxylation sites is 2. The predicted octanol–water partition coefficient (Wildman–Crippen LogP) is 3.52. The molecule has 0 saturated carbocycles. The van der Waals surface area contributed by atoms with Crippen LogP contribution in [0.4, 0.5) is 0 Å². The third-order valence-corrected chi connectivity index (χ3v) is 2.32. The summed E-state index contributed by atoms with van der Waals surface area (Å²) < 4.78 is 11.0. The van der Waals surface area contributed by atoms with E-state index in [1.165, 1.54) is 0 Å². The standard InChI is InChI=1S/C12H10BBrO2/c14-13(15-11-7-3-1-4-8-11)16-12-9-5-2-6-10-12/h1-10H. The van der Waals surface area contributed by atoms with Crippen LogP contribution in [0.3, 0.4) is 0 Å². The van der Waals surface area contributed by atoms with Gasteiger partial charge in [0.2, 0.25) is 0 Å². The molecule has 0 bridgehead atoms. The van der Waals surface area contributed by atoms with Crippen LogP contribution in [-0.4, -0.2) is 5.94 Å². The lowest BCUT2D eigenvalue weighted by Crippen LogP contribution is -2.22. The maximum atomic E-state index is 5.51. The van der Waals surface area contributed by atoms with Crippen molar-refractivity contribution >= 4 is 21.7 Å². The molecule has 0 N–H and O–H groups in total. The second-order valence-electron chi connectivity index (χ2n) is 3.14. The smallest absolute Gasteiger partial charge is 0.517 e. The van der Waals surface area contributed by atoms with Gasteiger partial charge in [-0.15, -0.1) is 0 Å². The van der Waals surface area contributed by atoms with Crippen LogP contribution in [0.1, 0.15) is 0 Å². The van der Waals surface area contributed by atoms with Crippen molar-refractivity contribution in [3.8, 4) is 11.5 Å². The van der Waals surface area contributed by atoms with Gasteiger partial charge in [-0.2, -0.15) is 0 Å². The number of rotatable bonds is 4. The molecule has 80 valence electrons. The van der Waals surface area contributed by atoms with E-state index >= 15 is 0 Å². The molecule has 0 saturated heterocycles. The summed E-state index contributed by atoms with van der Waals surface area (Å²) in [5, 5.41) is 0. The Morgan fingerprint density at radius 2 is 1.06 bits per heavy atom. The van der Waals surface area contributed by atoms with Crippen molar-refractivity contribution in [1.29, 1.82) is 0 Å². The zero-order valence-corrected chi connectivity index (χ0v) is 10.1. The summed E-state index contributed by atoms with van der Waals surface area (Å²) in [6.07, 6.45) is 0. The fourth-order valence-electron chi connectivity index (χ4n) is 1.24. The molecule has 0 unspecified atom stereocenters. The molecule has 2 aromatic carbocycles. The van der Waals surface area contributed by atoms with Gasteiger partial charge in [0, 0.05) is 0 Å². The third kappa shape index (κ3) is 3.31. The van der Waals surface area contributed by atoms with Crippen molar-refractivity contribution in [2.45, 2.75) is 0 Å². The van der Waals surface area contributed by atoms with E-state index < -0.39 is 5.94 Å². The molecule has 0 amide bonds. The Bertz CT molecular complexity index is 380. The van der Waals surface area contributed by atoms with Crippen LogP contribution < -0.4 is 9.31 Å².